The van der Waals surface area contributed by atoms with E-state index in [4.69, 9.17) is 37.6 Å². The SMILES string of the molecule is CC(C)c1c(C(=O)Nc2ccccc2)c(-c2ccccc2)c(-c2ccc(F)cc2)n1CC[C@@H](O)C[C@@H](O)CC(=O)O.NCCC[C@H](N)C(=O)O.N[C@@H](CC(=O)O)C(=O)O. The molecule has 13 N–H and O–H groups in total. The Morgan fingerprint density at radius 3 is 1.73 bits per heavy atom. The normalized spacial score (nSPS) is 12.8. The first-order valence-corrected chi connectivity index (χ1v) is 18.8. The molecule has 4 atom stereocenters. The Labute approximate surface area is 341 Å². The van der Waals surface area contributed by atoms with Gasteiger partial charge in [0.05, 0.1) is 36.3 Å². The molecule has 0 aliphatic heterocycles. The van der Waals surface area contributed by atoms with E-state index >= 15 is 0 Å². The van der Waals surface area contributed by atoms with Crippen LogP contribution in [0.5, 0.6) is 0 Å². The number of anilines is 1. The van der Waals surface area contributed by atoms with Crippen molar-refractivity contribution in [1.29, 1.82) is 0 Å². The lowest BCUT2D eigenvalue weighted by molar-refractivity contribution is -0.144. The number of amides is 1. The molecule has 4 aromatic rings. The van der Waals surface area contributed by atoms with Gasteiger partial charge in [0.2, 0.25) is 0 Å². The molecule has 1 aromatic heterocycles. The molecule has 0 spiro atoms. The van der Waals surface area contributed by atoms with Gasteiger partial charge in [-0.05, 0) is 85.7 Å². The maximum Gasteiger partial charge on any atom is 0.321 e. The summed E-state index contributed by atoms with van der Waals surface area (Å²) in [5.74, 6) is -5.39. The number of halogens is 1. The van der Waals surface area contributed by atoms with Gasteiger partial charge in [-0.15, -0.1) is 0 Å². The highest BCUT2D eigenvalue weighted by atomic mass is 19.1. The van der Waals surface area contributed by atoms with Gasteiger partial charge in [-0.3, -0.25) is 24.0 Å². The van der Waals surface area contributed by atoms with Crippen LogP contribution in [0.2, 0.25) is 0 Å². The number of para-hydroxylation sites is 1. The fourth-order valence-corrected chi connectivity index (χ4v) is 5.94. The van der Waals surface area contributed by atoms with Crippen LogP contribution in [0.15, 0.2) is 84.9 Å². The Morgan fingerprint density at radius 1 is 0.712 bits per heavy atom. The van der Waals surface area contributed by atoms with Crippen LogP contribution in [0.25, 0.3) is 22.4 Å². The molecule has 0 saturated heterocycles. The molecule has 0 aliphatic carbocycles. The maximum atomic E-state index is 14.0. The minimum Gasteiger partial charge on any atom is -0.481 e. The van der Waals surface area contributed by atoms with E-state index in [0.717, 1.165) is 11.3 Å². The van der Waals surface area contributed by atoms with Crippen molar-refractivity contribution in [3.63, 3.8) is 0 Å². The first-order chi connectivity index (χ1) is 27.9. The average Bonchev–Trinajstić information content (AvgIpc) is 3.52. The fourth-order valence-electron chi connectivity index (χ4n) is 5.94. The third-order valence-corrected chi connectivity index (χ3v) is 8.68. The van der Waals surface area contributed by atoms with E-state index in [9.17, 15) is 38.6 Å². The van der Waals surface area contributed by atoms with Gasteiger partial charge in [0, 0.05) is 23.5 Å². The van der Waals surface area contributed by atoms with Crippen molar-refractivity contribution in [1.82, 2.24) is 4.57 Å². The van der Waals surface area contributed by atoms with Crippen LogP contribution >= 0.6 is 0 Å². The molecule has 1 amide bonds. The molecule has 320 valence electrons. The Morgan fingerprint density at radius 2 is 1.25 bits per heavy atom. The number of aliphatic hydroxyl groups excluding tert-OH is 2. The van der Waals surface area contributed by atoms with Gasteiger partial charge in [0.25, 0.3) is 5.91 Å². The summed E-state index contributed by atoms with van der Waals surface area (Å²) in [6, 6.07) is 22.7. The fraction of sp³-hybridized carbons (Fsp3) is 0.357. The number of hydrogen-bond acceptors (Lipinski definition) is 10. The zero-order chi connectivity index (χ0) is 44.2. The van der Waals surface area contributed by atoms with Crippen LogP contribution in [0, 0.1) is 5.82 Å². The summed E-state index contributed by atoms with van der Waals surface area (Å²) in [6.45, 7) is 4.75. The van der Waals surface area contributed by atoms with Gasteiger partial charge in [0.15, 0.2) is 0 Å². The summed E-state index contributed by atoms with van der Waals surface area (Å²) < 4.78 is 16.0. The Bertz CT molecular complexity index is 1960. The molecule has 3 aromatic carbocycles. The van der Waals surface area contributed by atoms with Gasteiger partial charge >= 0.3 is 23.9 Å². The molecule has 16 nitrogen and oxygen atoms in total. The minimum atomic E-state index is -1.29. The second kappa shape index (κ2) is 24.7. The number of hydrogen-bond donors (Lipinski definition) is 10. The number of aliphatic hydroxyl groups is 2. The van der Waals surface area contributed by atoms with E-state index in [1.54, 1.807) is 12.1 Å². The van der Waals surface area contributed by atoms with E-state index in [-0.39, 0.29) is 37.0 Å². The third-order valence-electron chi connectivity index (χ3n) is 8.68. The minimum absolute atomic E-state index is 0.0939. The van der Waals surface area contributed by atoms with Crippen molar-refractivity contribution in [3.05, 3.63) is 102 Å². The van der Waals surface area contributed by atoms with E-state index in [1.807, 2.05) is 79.1 Å². The average molecular weight is 824 g/mol. The molecule has 0 saturated carbocycles. The van der Waals surface area contributed by atoms with Crippen LogP contribution < -0.4 is 22.5 Å². The summed E-state index contributed by atoms with van der Waals surface area (Å²) >= 11 is 0. The number of nitrogens with one attached hydrogen (secondary N) is 1. The van der Waals surface area contributed by atoms with Crippen molar-refractivity contribution in [2.45, 2.75) is 89.1 Å². The number of carbonyl (C=O) groups excluding carboxylic acids is 1. The lowest BCUT2D eigenvalue weighted by Gasteiger charge is -2.20. The van der Waals surface area contributed by atoms with Crippen molar-refractivity contribution >= 4 is 35.5 Å². The van der Waals surface area contributed by atoms with E-state index < -0.39 is 61.0 Å². The molecule has 0 fully saturated rings. The van der Waals surface area contributed by atoms with E-state index in [2.05, 4.69) is 5.32 Å². The molecular weight excluding hydrogens is 769 g/mol. The Hall–Kier alpha value is -5.98. The highest BCUT2D eigenvalue weighted by Crippen LogP contribution is 2.42. The Balaban J connectivity index is 0.000000553. The number of benzene rings is 3. The number of rotatable bonds is 19. The van der Waals surface area contributed by atoms with Crippen molar-refractivity contribution < 1.29 is 59.0 Å². The number of carbonyl (C=O) groups is 5. The number of aliphatic carboxylic acids is 4. The predicted octanol–water partition coefficient (Wildman–Crippen LogP) is 4.32. The number of carboxylic acids is 4. The van der Waals surface area contributed by atoms with Gasteiger partial charge in [-0.2, -0.15) is 0 Å². The van der Waals surface area contributed by atoms with Crippen LogP contribution in [-0.4, -0.2) is 95.8 Å². The van der Waals surface area contributed by atoms with E-state index in [0.29, 0.717) is 47.5 Å². The molecule has 0 bridgehead atoms. The van der Waals surface area contributed by atoms with Crippen LogP contribution in [0.4, 0.5) is 10.1 Å². The quantitative estimate of drug-likeness (QED) is 0.0630. The number of nitrogens with zero attached hydrogens (tertiary/aromatic N) is 1. The molecule has 1 heterocycles. The number of carboxylic acid groups (broad SMARTS) is 4. The molecule has 4 rings (SSSR count). The highest BCUT2D eigenvalue weighted by Gasteiger charge is 2.31. The largest absolute Gasteiger partial charge is 0.481 e. The second-order valence-electron chi connectivity index (χ2n) is 13.8. The van der Waals surface area contributed by atoms with Gasteiger partial charge < -0.3 is 57.7 Å². The van der Waals surface area contributed by atoms with Crippen LogP contribution in [-0.2, 0) is 25.7 Å². The zero-order valence-corrected chi connectivity index (χ0v) is 32.9. The number of nitrogens with two attached hydrogens (primary N) is 3. The predicted molar refractivity (Wildman–Crippen MR) is 219 cm³/mol. The lowest BCUT2D eigenvalue weighted by atomic mass is 9.94. The summed E-state index contributed by atoms with van der Waals surface area (Å²) in [7, 11) is 0. The Kier molecular flexibility index (Phi) is 20.6. The summed E-state index contributed by atoms with van der Waals surface area (Å²) in [6.07, 6.45) is -1.90. The standard InChI is InChI=1S/C33H35FN2O5.C5H12N2O2.C4H7NO4/c1-21(2)31-30(33(41)35-25-11-7-4-8-12-25)29(22-9-5-3-6-10-22)32(23-13-15-24(34)16-14-23)36(31)18-17-26(37)19-27(38)20-28(39)40;6-3-1-2-4(7)5(8)9;5-2(4(8)9)1-3(6)7/h3-16,21,26-27,37-38H,17-20H2,1-2H3,(H,35,41)(H,39,40);4H,1-3,6-7H2,(H,8,9);2H,1,5H2,(H,6,7)(H,8,9)/t26-,27-;4-;2-/m100/s1. The summed E-state index contributed by atoms with van der Waals surface area (Å²) in [5.41, 5.74) is 19.9. The van der Waals surface area contributed by atoms with Crippen LogP contribution in [0.1, 0.15) is 74.3 Å². The van der Waals surface area contributed by atoms with Gasteiger partial charge in [-0.1, -0.05) is 62.4 Å². The summed E-state index contributed by atoms with van der Waals surface area (Å²) in [4.78, 5) is 54.7. The first kappa shape index (κ1) is 49.2. The van der Waals surface area contributed by atoms with Crippen molar-refractivity contribution in [3.8, 4) is 22.4 Å². The molecule has 0 aliphatic rings. The molecule has 0 unspecified atom stereocenters. The molecule has 0 radical (unpaired) electrons. The molecule has 17 heteroatoms. The third kappa shape index (κ3) is 16.4. The lowest BCUT2D eigenvalue weighted by Crippen LogP contribution is -2.32. The van der Waals surface area contributed by atoms with E-state index in [1.165, 1.54) is 12.1 Å². The molecule has 59 heavy (non-hydrogen) atoms. The van der Waals surface area contributed by atoms with Gasteiger partial charge in [-0.25, -0.2) is 4.39 Å². The smallest absolute Gasteiger partial charge is 0.321 e. The summed E-state index contributed by atoms with van der Waals surface area (Å²) in [5, 5.41) is 57.1. The van der Waals surface area contributed by atoms with Crippen LogP contribution in [0.3, 0.4) is 0 Å². The monoisotopic (exact) mass is 823 g/mol. The second-order valence-corrected chi connectivity index (χ2v) is 13.8. The van der Waals surface area contributed by atoms with Gasteiger partial charge in [0.1, 0.15) is 17.9 Å². The van der Waals surface area contributed by atoms with Crippen molar-refractivity contribution in [2.24, 2.45) is 17.2 Å². The van der Waals surface area contributed by atoms with Crippen molar-refractivity contribution in [2.75, 3.05) is 11.9 Å². The highest BCUT2D eigenvalue weighted by molar-refractivity contribution is 6.12. The zero-order valence-electron chi connectivity index (χ0n) is 32.9. The molecular formula is C42H54FN5O11. The number of aromatic nitrogens is 1. The first-order valence-electron chi connectivity index (χ1n) is 18.8. The maximum absolute atomic E-state index is 14.0. The topological polar surface area (TPSA) is 302 Å².